The van der Waals surface area contributed by atoms with Crippen molar-refractivity contribution in [1.82, 2.24) is 10.2 Å². The number of benzene rings is 1. The van der Waals surface area contributed by atoms with Gasteiger partial charge < -0.3 is 4.90 Å². The number of nitrogens with one attached hydrogen (secondary N) is 1. The number of rotatable bonds is 0. The molecule has 0 radical (unpaired) electrons. The number of hydrogen-bond donors (Lipinski definition) is 1. The molecule has 1 unspecified atom stereocenters. The van der Waals surface area contributed by atoms with E-state index in [9.17, 15) is 9.59 Å². The summed E-state index contributed by atoms with van der Waals surface area (Å²) in [6.07, 6.45) is 0.827. The molecule has 4 nitrogen and oxygen atoms in total. The molecule has 1 atom stereocenters. The number of carbonyl (C=O) groups excluding carboxylic acids is 2. The van der Waals surface area contributed by atoms with Crippen LogP contribution in [-0.4, -0.2) is 23.4 Å². The molecule has 0 aliphatic carbocycles. The van der Waals surface area contributed by atoms with Crippen LogP contribution in [0.5, 0.6) is 0 Å². The monoisotopic (exact) mass is 202 g/mol. The fourth-order valence-electron chi connectivity index (χ4n) is 2.31. The van der Waals surface area contributed by atoms with Gasteiger partial charge in [-0.25, -0.2) is 4.79 Å². The third-order valence-corrected chi connectivity index (χ3v) is 3.02. The molecule has 0 saturated carbocycles. The first-order chi connectivity index (χ1) is 7.27. The van der Waals surface area contributed by atoms with Gasteiger partial charge in [-0.05, 0) is 17.5 Å². The molecule has 15 heavy (non-hydrogen) atoms. The lowest BCUT2D eigenvalue weighted by Crippen LogP contribution is -2.35. The Balaban J connectivity index is 2.13. The number of urea groups is 1. The van der Waals surface area contributed by atoms with Crippen molar-refractivity contribution in [2.45, 2.75) is 12.5 Å². The van der Waals surface area contributed by atoms with Gasteiger partial charge in [0.05, 0.1) is 0 Å². The van der Waals surface area contributed by atoms with Crippen LogP contribution >= 0.6 is 0 Å². The highest BCUT2D eigenvalue weighted by molar-refractivity contribution is 6.05. The normalized spacial score (nSPS) is 23.5. The molecule has 1 saturated heterocycles. The van der Waals surface area contributed by atoms with Gasteiger partial charge in [0.15, 0.2) is 0 Å². The van der Waals surface area contributed by atoms with Gasteiger partial charge in [0.2, 0.25) is 0 Å². The minimum atomic E-state index is -0.401. The highest BCUT2D eigenvalue weighted by Gasteiger charge is 2.42. The molecule has 1 fully saturated rings. The Morgan fingerprint density at radius 1 is 1.27 bits per heavy atom. The van der Waals surface area contributed by atoms with E-state index in [4.69, 9.17) is 0 Å². The Hall–Kier alpha value is -1.84. The van der Waals surface area contributed by atoms with Crippen molar-refractivity contribution < 1.29 is 9.59 Å². The summed E-state index contributed by atoms with van der Waals surface area (Å²) in [7, 11) is 0. The quantitative estimate of drug-likeness (QED) is 0.634. The Bertz CT molecular complexity index is 456. The van der Waals surface area contributed by atoms with Crippen molar-refractivity contribution in [3.05, 3.63) is 35.4 Å². The van der Waals surface area contributed by atoms with Gasteiger partial charge in [0.25, 0.3) is 5.91 Å². The number of amides is 3. The van der Waals surface area contributed by atoms with Gasteiger partial charge in [-0.3, -0.25) is 10.1 Å². The lowest BCUT2D eigenvalue weighted by Gasteiger charge is -2.28. The van der Waals surface area contributed by atoms with Crippen molar-refractivity contribution in [2.75, 3.05) is 6.54 Å². The smallest absolute Gasteiger partial charge is 0.308 e. The second-order valence-corrected chi connectivity index (χ2v) is 3.84. The standard InChI is InChI=1S/C11H10N2O2/c14-10-9-8-4-2-1-3-7(8)5-6-13(9)11(15)12-10/h1-4,9H,5-6H2,(H,12,14,15). The van der Waals surface area contributed by atoms with E-state index >= 15 is 0 Å². The summed E-state index contributed by atoms with van der Waals surface area (Å²) in [5, 5.41) is 2.35. The number of carbonyl (C=O) groups is 2. The van der Waals surface area contributed by atoms with E-state index < -0.39 is 6.04 Å². The molecule has 2 aliphatic heterocycles. The second kappa shape index (κ2) is 2.82. The van der Waals surface area contributed by atoms with E-state index in [1.54, 1.807) is 4.90 Å². The van der Waals surface area contributed by atoms with Crippen molar-refractivity contribution in [3.8, 4) is 0 Å². The highest BCUT2D eigenvalue weighted by Crippen LogP contribution is 2.32. The van der Waals surface area contributed by atoms with E-state index in [1.807, 2.05) is 24.3 Å². The fourth-order valence-corrected chi connectivity index (χ4v) is 2.31. The van der Waals surface area contributed by atoms with Crippen LogP contribution in [0.2, 0.25) is 0 Å². The summed E-state index contributed by atoms with van der Waals surface area (Å²) in [4.78, 5) is 24.6. The Morgan fingerprint density at radius 3 is 2.93 bits per heavy atom. The summed E-state index contributed by atoms with van der Waals surface area (Å²) >= 11 is 0. The van der Waals surface area contributed by atoms with Crippen LogP contribution in [0.4, 0.5) is 4.79 Å². The second-order valence-electron chi connectivity index (χ2n) is 3.84. The first kappa shape index (κ1) is 8.47. The van der Waals surface area contributed by atoms with Crippen LogP contribution in [0.25, 0.3) is 0 Å². The molecule has 2 heterocycles. The molecule has 1 aromatic carbocycles. The molecule has 1 N–H and O–H groups in total. The highest BCUT2D eigenvalue weighted by atomic mass is 16.2. The fraction of sp³-hybridized carbons (Fsp3) is 0.273. The average Bonchev–Trinajstić information content (AvgIpc) is 2.55. The van der Waals surface area contributed by atoms with Crippen LogP contribution in [0.15, 0.2) is 24.3 Å². The molecular weight excluding hydrogens is 192 g/mol. The molecule has 1 aromatic rings. The number of hydrogen-bond acceptors (Lipinski definition) is 2. The zero-order valence-corrected chi connectivity index (χ0v) is 8.06. The lowest BCUT2D eigenvalue weighted by atomic mass is 9.93. The van der Waals surface area contributed by atoms with Gasteiger partial charge in [0, 0.05) is 6.54 Å². The summed E-state index contributed by atoms with van der Waals surface area (Å²) in [6.45, 7) is 0.624. The van der Waals surface area contributed by atoms with E-state index in [0.29, 0.717) is 6.54 Å². The summed E-state index contributed by atoms with van der Waals surface area (Å²) in [6, 6.07) is 7.14. The molecule has 0 aromatic heterocycles. The molecule has 0 spiro atoms. The van der Waals surface area contributed by atoms with Crippen molar-refractivity contribution in [2.24, 2.45) is 0 Å². The van der Waals surface area contributed by atoms with E-state index in [1.165, 1.54) is 5.56 Å². The number of fused-ring (bicyclic) bond motifs is 3. The number of imide groups is 1. The Morgan fingerprint density at radius 2 is 2.07 bits per heavy atom. The zero-order chi connectivity index (χ0) is 10.4. The van der Waals surface area contributed by atoms with Gasteiger partial charge in [0.1, 0.15) is 6.04 Å². The minimum Gasteiger partial charge on any atom is -0.308 e. The molecule has 0 bridgehead atoms. The van der Waals surface area contributed by atoms with Crippen molar-refractivity contribution in [1.29, 1.82) is 0 Å². The maximum absolute atomic E-state index is 11.6. The lowest BCUT2D eigenvalue weighted by molar-refractivity contribution is -0.121. The molecule has 4 heteroatoms. The average molecular weight is 202 g/mol. The van der Waals surface area contributed by atoms with Crippen molar-refractivity contribution >= 4 is 11.9 Å². The summed E-state index contributed by atoms with van der Waals surface area (Å²) in [5.41, 5.74) is 2.13. The third-order valence-electron chi connectivity index (χ3n) is 3.02. The maximum atomic E-state index is 11.6. The molecule has 76 valence electrons. The van der Waals surface area contributed by atoms with Crippen LogP contribution in [0.3, 0.4) is 0 Å². The predicted molar refractivity (Wildman–Crippen MR) is 53.1 cm³/mol. The van der Waals surface area contributed by atoms with Crippen LogP contribution in [0.1, 0.15) is 17.2 Å². The largest absolute Gasteiger partial charge is 0.325 e. The first-order valence-corrected chi connectivity index (χ1v) is 4.96. The molecule has 3 amide bonds. The van der Waals surface area contributed by atoms with Gasteiger partial charge >= 0.3 is 6.03 Å². The van der Waals surface area contributed by atoms with E-state index in [2.05, 4.69) is 5.32 Å². The van der Waals surface area contributed by atoms with Gasteiger partial charge in [-0.2, -0.15) is 0 Å². The SMILES string of the molecule is O=C1NC(=O)N2CCc3ccccc3C12. The Labute approximate surface area is 86.9 Å². The van der Waals surface area contributed by atoms with Gasteiger partial charge in [-0.1, -0.05) is 24.3 Å². The Kier molecular flexibility index (Phi) is 1.59. The van der Waals surface area contributed by atoms with E-state index in [0.717, 1.165) is 12.0 Å². The summed E-state index contributed by atoms with van der Waals surface area (Å²) < 4.78 is 0. The predicted octanol–water partition coefficient (Wildman–Crippen LogP) is 0.836. The molecule has 2 aliphatic rings. The van der Waals surface area contributed by atoms with Crippen LogP contribution < -0.4 is 5.32 Å². The number of nitrogens with zero attached hydrogens (tertiary/aromatic N) is 1. The van der Waals surface area contributed by atoms with Crippen LogP contribution in [0, 0.1) is 0 Å². The zero-order valence-electron chi connectivity index (χ0n) is 8.06. The first-order valence-electron chi connectivity index (χ1n) is 4.96. The summed E-state index contributed by atoms with van der Waals surface area (Å²) in [5.74, 6) is -0.202. The molecular formula is C11H10N2O2. The van der Waals surface area contributed by atoms with Crippen molar-refractivity contribution in [3.63, 3.8) is 0 Å². The topological polar surface area (TPSA) is 49.4 Å². The van der Waals surface area contributed by atoms with E-state index in [-0.39, 0.29) is 11.9 Å². The molecule has 3 rings (SSSR count). The van der Waals surface area contributed by atoms with Crippen LogP contribution in [-0.2, 0) is 11.2 Å². The third kappa shape index (κ3) is 1.08. The van der Waals surface area contributed by atoms with Gasteiger partial charge in [-0.15, -0.1) is 0 Å². The minimum absolute atomic E-state index is 0.202. The maximum Gasteiger partial charge on any atom is 0.325 e.